The molecule has 1 unspecified atom stereocenters. The quantitative estimate of drug-likeness (QED) is 0.599. The van der Waals surface area contributed by atoms with Gasteiger partial charge in [-0.05, 0) is 23.6 Å². The largest absolute Gasteiger partial charge is 0.468 e. The average Bonchev–Trinajstić information content (AvgIpc) is 2.83. The number of hydrogen-bond donors (Lipinski definition) is 2. The Hall–Kier alpha value is -2.08. The van der Waals surface area contributed by atoms with Gasteiger partial charge in [0.1, 0.15) is 6.04 Å². The Morgan fingerprint density at radius 3 is 2.75 bits per heavy atom. The zero-order chi connectivity index (χ0) is 14.7. The molecule has 0 bridgehead atoms. The van der Waals surface area contributed by atoms with Gasteiger partial charge in [0.2, 0.25) is 5.91 Å². The predicted molar refractivity (Wildman–Crippen MR) is 74.3 cm³/mol. The molecule has 20 heavy (non-hydrogen) atoms. The molecule has 0 spiro atoms. The first kappa shape index (κ1) is 14.3. The van der Waals surface area contributed by atoms with Crippen molar-refractivity contribution in [1.29, 1.82) is 0 Å². The number of carbonyl (C=O) groups excluding carboxylic acids is 2. The molecule has 0 saturated carbocycles. The highest BCUT2D eigenvalue weighted by Crippen LogP contribution is 2.30. The van der Waals surface area contributed by atoms with E-state index in [1.54, 1.807) is 0 Å². The summed E-state index contributed by atoms with van der Waals surface area (Å²) >= 11 is 0. The summed E-state index contributed by atoms with van der Waals surface area (Å²) in [5.74, 6) is -0.771. The number of hydrogen-bond acceptors (Lipinski definition) is 5. The summed E-state index contributed by atoms with van der Waals surface area (Å²) in [6.07, 6.45) is 0.512. The molecule has 1 aliphatic heterocycles. The first-order valence-corrected chi connectivity index (χ1v) is 6.49. The van der Waals surface area contributed by atoms with E-state index >= 15 is 0 Å². The van der Waals surface area contributed by atoms with Crippen LogP contribution in [0.3, 0.4) is 0 Å². The number of rotatable bonds is 5. The molecule has 108 valence electrons. The zero-order valence-corrected chi connectivity index (χ0v) is 11.5. The van der Waals surface area contributed by atoms with Crippen molar-refractivity contribution in [2.45, 2.75) is 32.0 Å². The number of nitrogen functional groups attached to an aromatic ring is 1. The van der Waals surface area contributed by atoms with E-state index in [-0.39, 0.29) is 12.4 Å². The van der Waals surface area contributed by atoms with Gasteiger partial charge in [0.05, 0.1) is 7.11 Å². The summed E-state index contributed by atoms with van der Waals surface area (Å²) in [6, 6.07) is 5.26. The number of ether oxygens (including phenoxy) is 1. The molecule has 1 amide bonds. The van der Waals surface area contributed by atoms with Crippen molar-refractivity contribution in [2.75, 3.05) is 12.8 Å². The summed E-state index contributed by atoms with van der Waals surface area (Å²) in [4.78, 5) is 24.8. The van der Waals surface area contributed by atoms with Crippen molar-refractivity contribution < 1.29 is 14.3 Å². The third-order valence-electron chi connectivity index (χ3n) is 3.62. The van der Waals surface area contributed by atoms with E-state index in [0.717, 1.165) is 16.8 Å². The summed E-state index contributed by atoms with van der Waals surface area (Å²) in [7, 11) is 1.34. The van der Waals surface area contributed by atoms with Gasteiger partial charge in [-0.3, -0.25) is 14.5 Å². The second-order valence-electron chi connectivity index (χ2n) is 4.93. The van der Waals surface area contributed by atoms with Crippen LogP contribution >= 0.6 is 0 Å². The van der Waals surface area contributed by atoms with Gasteiger partial charge in [-0.2, -0.15) is 0 Å². The van der Waals surface area contributed by atoms with E-state index in [0.29, 0.717) is 19.5 Å². The number of fused-ring (bicyclic) bond motifs is 1. The molecule has 1 aromatic rings. The second-order valence-corrected chi connectivity index (χ2v) is 4.93. The molecule has 1 aromatic carbocycles. The zero-order valence-electron chi connectivity index (χ0n) is 11.5. The van der Waals surface area contributed by atoms with Crippen LogP contribution in [0.5, 0.6) is 0 Å². The third kappa shape index (κ3) is 2.91. The average molecular weight is 277 g/mol. The van der Waals surface area contributed by atoms with E-state index in [9.17, 15) is 9.59 Å². The number of esters is 1. The van der Waals surface area contributed by atoms with Crippen molar-refractivity contribution in [2.24, 2.45) is 5.73 Å². The van der Waals surface area contributed by atoms with Gasteiger partial charge in [0.15, 0.2) is 0 Å². The van der Waals surface area contributed by atoms with Crippen molar-refractivity contribution in [1.82, 2.24) is 4.90 Å². The molecule has 6 nitrogen and oxygen atoms in total. The standard InChI is InChI=1S/C14H19N3O3/c1-20-14(19)12(5-6-13(16)18)17-7-9-3-2-4-11(15)10(9)8-17/h2-4,12H,5-8,15H2,1H3,(H2,16,18). The molecule has 0 aromatic heterocycles. The fourth-order valence-electron chi connectivity index (χ4n) is 2.56. The highest BCUT2D eigenvalue weighted by atomic mass is 16.5. The van der Waals surface area contributed by atoms with E-state index in [2.05, 4.69) is 0 Å². The highest BCUT2D eigenvalue weighted by Gasteiger charge is 2.32. The van der Waals surface area contributed by atoms with E-state index in [1.807, 2.05) is 23.1 Å². The molecule has 6 heteroatoms. The summed E-state index contributed by atoms with van der Waals surface area (Å²) in [5.41, 5.74) is 14.0. The molecule has 2 rings (SSSR count). The lowest BCUT2D eigenvalue weighted by Gasteiger charge is -2.24. The van der Waals surface area contributed by atoms with Crippen LogP contribution in [0.2, 0.25) is 0 Å². The van der Waals surface area contributed by atoms with Gasteiger partial charge in [0.25, 0.3) is 0 Å². The van der Waals surface area contributed by atoms with Crippen LogP contribution in [0.4, 0.5) is 5.69 Å². The second kappa shape index (κ2) is 5.92. The molecule has 1 atom stereocenters. The molecular weight excluding hydrogens is 258 g/mol. The first-order valence-electron chi connectivity index (χ1n) is 6.49. The SMILES string of the molecule is COC(=O)C(CCC(N)=O)N1Cc2cccc(N)c2C1. The Kier molecular flexibility index (Phi) is 4.24. The number of methoxy groups -OCH3 is 1. The number of anilines is 1. The summed E-state index contributed by atoms with van der Waals surface area (Å²) in [5, 5.41) is 0. The van der Waals surface area contributed by atoms with E-state index in [4.69, 9.17) is 16.2 Å². The Balaban J connectivity index is 2.14. The Morgan fingerprint density at radius 1 is 1.40 bits per heavy atom. The molecule has 0 radical (unpaired) electrons. The Labute approximate surface area is 117 Å². The van der Waals surface area contributed by atoms with Crippen molar-refractivity contribution >= 4 is 17.6 Å². The summed E-state index contributed by atoms with van der Waals surface area (Å²) in [6.45, 7) is 1.21. The molecular formula is C14H19N3O3. The normalized spacial score (nSPS) is 15.7. The lowest BCUT2D eigenvalue weighted by Crippen LogP contribution is -2.39. The van der Waals surface area contributed by atoms with Crippen LogP contribution in [0.25, 0.3) is 0 Å². The predicted octanol–water partition coefficient (Wildman–Crippen LogP) is 0.391. The number of amides is 1. The molecule has 0 saturated heterocycles. The van der Waals surface area contributed by atoms with Crippen LogP contribution < -0.4 is 11.5 Å². The number of nitrogens with zero attached hydrogens (tertiary/aromatic N) is 1. The molecule has 0 aliphatic carbocycles. The van der Waals surface area contributed by atoms with Crippen molar-refractivity contribution in [3.05, 3.63) is 29.3 Å². The number of benzene rings is 1. The topological polar surface area (TPSA) is 98.6 Å². The van der Waals surface area contributed by atoms with Gasteiger partial charge in [-0.25, -0.2) is 0 Å². The van der Waals surface area contributed by atoms with Crippen LogP contribution in [-0.4, -0.2) is 29.9 Å². The van der Waals surface area contributed by atoms with Gasteiger partial charge >= 0.3 is 5.97 Å². The Bertz CT molecular complexity index is 530. The molecule has 1 heterocycles. The molecule has 0 fully saturated rings. The van der Waals surface area contributed by atoms with Crippen LogP contribution in [-0.2, 0) is 27.4 Å². The Morgan fingerprint density at radius 2 is 2.15 bits per heavy atom. The summed E-state index contributed by atoms with van der Waals surface area (Å²) < 4.78 is 4.82. The minimum atomic E-state index is -0.473. The lowest BCUT2D eigenvalue weighted by molar-refractivity contribution is -0.147. The number of carbonyl (C=O) groups is 2. The minimum Gasteiger partial charge on any atom is -0.468 e. The lowest BCUT2D eigenvalue weighted by atomic mass is 10.1. The molecule has 1 aliphatic rings. The maximum absolute atomic E-state index is 11.9. The maximum atomic E-state index is 11.9. The monoisotopic (exact) mass is 277 g/mol. The number of nitrogens with two attached hydrogens (primary N) is 2. The van der Waals surface area contributed by atoms with Gasteiger partial charge in [0, 0.05) is 25.2 Å². The number of primary amides is 1. The van der Waals surface area contributed by atoms with E-state index in [1.165, 1.54) is 7.11 Å². The van der Waals surface area contributed by atoms with Crippen LogP contribution in [0.1, 0.15) is 24.0 Å². The smallest absolute Gasteiger partial charge is 0.323 e. The fraction of sp³-hybridized carbons (Fsp3) is 0.429. The highest BCUT2D eigenvalue weighted by molar-refractivity contribution is 5.78. The van der Waals surface area contributed by atoms with Crippen LogP contribution in [0.15, 0.2) is 18.2 Å². The fourth-order valence-corrected chi connectivity index (χ4v) is 2.56. The van der Waals surface area contributed by atoms with Gasteiger partial charge < -0.3 is 16.2 Å². The van der Waals surface area contributed by atoms with Crippen molar-refractivity contribution in [3.8, 4) is 0 Å². The molecule has 4 N–H and O–H groups in total. The first-order chi connectivity index (χ1) is 9.52. The maximum Gasteiger partial charge on any atom is 0.323 e. The van der Waals surface area contributed by atoms with Gasteiger partial charge in [-0.1, -0.05) is 12.1 Å². The van der Waals surface area contributed by atoms with Crippen LogP contribution in [0, 0.1) is 0 Å². The third-order valence-corrected chi connectivity index (χ3v) is 3.62. The van der Waals surface area contributed by atoms with Gasteiger partial charge in [-0.15, -0.1) is 0 Å². The van der Waals surface area contributed by atoms with E-state index < -0.39 is 11.9 Å². The minimum absolute atomic E-state index is 0.155. The van der Waals surface area contributed by atoms with Crippen molar-refractivity contribution in [3.63, 3.8) is 0 Å².